The lowest BCUT2D eigenvalue weighted by atomic mass is 9.67. The number of hydrogen-bond acceptors (Lipinski definition) is 4. The first-order valence-corrected chi connectivity index (χ1v) is 18.9. The molecule has 0 atom stereocenters. The maximum absolute atomic E-state index is 4.44. The van der Waals surface area contributed by atoms with Crippen molar-refractivity contribution in [2.24, 2.45) is 4.99 Å². The summed E-state index contributed by atoms with van der Waals surface area (Å²) in [5, 5.41) is 0. The average molecular weight is 712 g/mol. The van der Waals surface area contributed by atoms with Crippen molar-refractivity contribution in [2.45, 2.75) is 10.3 Å². The molecule has 4 heteroatoms. The van der Waals surface area contributed by atoms with Crippen molar-refractivity contribution in [2.75, 3.05) is 6.54 Å². The van der Waals surface area contributed by atoms with E-state index >= 15 is 0 Å². The van der Waals surface area contributed by atoms with Crippen LogP contribution in [0.2, 0.25) is 0 Å². The Kier molecular flexibility index (Phi) is 8.74. The lowest BCUT2D eigenvalue weighted by molar-refractivity contribution is 0.693. The first kappa shape index (κ1) is 33.4. The molecule has 7 aromatic rings. The zero-order valence-electron chi connectivity index (χ0n) is 29.8. The number of aliphatic imine (C=N–C) groups is 1. The smallest absolute Gasteiger partial charge is 0.0713 e. The number of nitrogens with zero attached hydrogens (tertiary/aromatic N) is 3. The summed E-state index contributed by atoms with van der Waals surface area (Å²) in [4.78, 5) is 9.63. The van der Waals surface area contributed by atoms with Crippen molar-refractivity contribution in [1.82, 2.24) is 9.29 Å². The second kappa shape index (κ2) is 14.1. The van der Waals surface area contributed by atoms with E-state index in [-0.39, 0.29) is 0 Å². The van der Waals surface area contributed by atoms with Crippen LogP contribution in [0.25, 0.3) is 44.7 Å². The average Bonchev–Trinajstić information content (AvgIpc) is 3.54. The third kappa shape index (κ3) is 5.82. The van der Waals surface area contributed by atoms with Gasteiger partial charge in [0.15, 0.2) is 0 Å². The Morgan fingerprint density at radius 2 is 1.22 bits per heavy atom. The van der Waals surface area contributed by atoms with E-state index in [0.29, 0.717) is 5.70 Å². The fourth-order valence-corrected chi connectivity index (χ4v) is 9.00. The lowest BCUT2D eigenvalue weighted by Crippen LogP contribution is -2.28. The highest BCUT2D eigenvalue weighted by molar-refractivity contribution is 7.97. The lowest BCUT2D eigenvalue weighted by Gasteiger charge is -2.34. The van der Waals surface area contributed by atoms with E-state index in [1.807, 2.05) is 36.7 Å². The highest BCUT2D eigenvalue weighted by Crippen LogP contribution is 2.57. The summed E-state index contributed by atoms with van der Waals surface area (Å²) in [6, 6.07) is 57.3. The first-order chi connectivity index (χ1) is 26.6. The van der Waals surface area contributed by atoms with Gasteiger partial charge in [-0.15, -0.1) is 0 Å². The van der Waals surface area contributed by atoms with Gasteiger partial charge in [0.25, 0.3) is 0 Å². The molecule has 1 aliphatic carbocycles. The third-order valence-electron chi connectivity index (χ3n) is 10.6. The number of rotatable bonds is 9. The molecule has 0 bridgehead atoms. The molecule has 54 heavy (non-hydrogen) atoms. The number of allylic oxidation sites excluding steroid dienone is 2. The zero-order chi connectivity index (χ0) is 36.5. The predicted octanol–water partition coefficient (Wildman–Crippen LogP) is 12.4. The molecule has 9 rings (SSSR count). The fraction of sp³-hybridized carbons (Fsp3) is 0.0400. The second-order valence-electron chi connectivity index (χ2n) is 13.6. The van der Waals surface area contributed by atoms with Crippen LogP contribution in [-0.2, 0) is 5.41 Å². The summed E-state index contributed by atoms with van der Waals surface area (Å²) in [5.74, 6) is 0. The first-order valence-electron chi connectivity index (χ1n) is 18.1. The maximum Gasteiger partial charge on any atom is 0.0713 e. The monoisotopic (exact) mass is 711 g/mol. The molecule has 2 aliphatic rings. The van der Waals surface area contributed by atoms with Gasteiger partial charge < -0.3 is 4.31 Å². The van der Waals surface area contributed by atoms with E-state index in [1.54, 1.807) is 11.9 Å². The van der Waals surface area contributed by atoms with E-state index in [4.69, 9.17) is 0 Å². The summed E-state index contributed by atoms with van der Waals surface area (Å²) in [7, 11) is 0. The van der Waals surface area contributed by atoms with Gasteiger partial charge in [0, 0.05) is 35.6 Å². The number of aromatic nitrogens is 1. The Morgan fingerprint density at radius 1 is 0.630 bits per heavy atom. The summed E-state index contributed by atoms with van der Waals surface area (Å²) < 4.78 is 2.25. The van der Waals surface area contributed by atoms with Crippen molar-refractivity contribution in [3.63, 3.8) is 0 Å². The molecule has 1 aliphatic heterocycles. The molecule has 0 saturated heterocycles. The molecule has 0 N–H and O–H groups in total. The van der Waals surface area contributed by atoms with Gasteiger partial charge in [0.2, 0.25) is 0 Å². The maximum atomic E-state index is 4.44. The van der Waals surface area contributed by atoms with Gasteiger partial charge in [-0.3, -0.25) is 9.98 Å². The van der Waals surface area contributed by atoms with Crippen LogP contribution >= 0.6 is 11.9 Å². The van der Waals surface area contributed by atoms with Gasteiger partial charge in [-0.2, -0.15) is 0 Å². The minimum Gasteiger partial charge on any atom is -0.315 e. The molecule has 6 aromatic carbocycles. The summed E-state index contributed by atoms with van der Waals surface area (Å²) in [6.45, 7) is 8.57. The van der Waals surface area contributed by atoms with E-state index in [9.17, 15) is 0 Å². The largest absolute Gasteiger partial charge is 0.315 e. The Labute approximate surface area is 321 Å². The van der Waals surface area contributed by atoms with E-state index in [0.717, 1.165) is 28.1 Å². The number of pyridine rings is 1. The molecule has 0 spiro atoms. The van der Waals surface area contributed by atoms with Gasteiger partial charge in [0.1, 0.15) is 0 Å². The van der Waals surface area contributed by atoms with E-state index < -0.39 is 5.41 Å². The van der Waals surface area contributed by atoms with Crippen molar-refractivity contribution >= 4 is 29.9 Å². The Morgan fingerprint density at radius 3 is 1.85 bits per heavy atom. The molecule has 3 nitrogen and oxygen atoms in total. The zero-order valence-corrected chi connectivity index (χ0v) is 30.6. The van der Waals surface area contributed by atoms with Crippen molar-refractivity contribution < 1.29 is 0 Å². The Hall–Kier alpha value is -6.49. The minimum atomic E-state index is -0.507. The normalized spacial score (nSPS) is 13.9. The molecule has 1 aromatic heterocycles. The van der Waals surface area contributed by atoms with Crippen molar-refractivity contribution in [3.8, 4) is 33.4 Å². The molecule has 2 heterocycles. The minimum absolute atomic E-state index is 0.507. The second-order valence-corrected chi connectivity index (χ2v) is 14.7. The number of hydrogen-bond donors (Lipinski definition) is 0. The predicted molar refractivity (Wildman–Crippen MR) is 227 cm³/mol. The van der Waals surface area contributed by atoms with Gasteiger partial charge in [0.05, 0.1) is 11.1 Å². The summed E-state index contributed by atoms with van der Waals surface area (Å²) >= 11 is 1.69. The van der Waals surface area contributed by atoms with Crippen LogP contribution in [0, 0.1) is 0 Å². The third-order valence-corrected chi connectivity index (χ3v) is 11.6. The van der Waals surface area contributed by atoms with Crippen LogP contribution in [0.15, 0.2) is 205 Å². The SMILES string of the molecule is C=NC(=C)c1ccccc1SN1C=C(c2ccc(-c3ccc4c(c3)C(c3ccccc3)(c3ccccc3)c3cc(-c5cccnc5)ccc3-4)cc2)C=CC1. The standard InChI is InChI=1S/C50H37N3S/c1-35(51-2)44-19-9-10-20-49(44)54-53-30-12-14-41(34-53)37-23-21-36(22-24-37)38-25-27-45-46-28-26-39(40-13-11-29-52-33-40)32-48(46)50(47(45)31-38,42-15-5-3-6-16-42)43-17-7-4-8-18-43/h3-29,31-34H,1-2,30H2. The number of fused-ring (bicyclic) bond motifs is 3. The van der Waals surface area contributed by atoms with Crippen LogP contribution < -0.4 is 0 Å². The number of benzene rings is 6. The van der Waals surface area contributed by atoms with Crippen LogP contribution in [0.4, 0.5) is 0 Å². The fourth-order valence-electron chi connectivity index (χ4n) is 8.00. The van der Waals surface area contributed by atoms with E-state index in [1.165, 1.54) is 55.6 Å². The summed E-state index contributed by atoms with van der Waals surface area (Å²) in [6.07, 6.45) is 10.4. The van der Waals surface area contributed by atoms with Crippen LogP contribution in [0.5, 0.6) is 0 Å². The molecule has 0 fully saturated rings. The molecule has 258 valence electrons. The molecular formula is C50H37N3S. The van der Waals surface area contributed by atoms with Crippen molar-refractivity contribution in [3.05, 3.63) is 228 Å². The molecule has 0 saturated carbocycles. The Balaban J connectivity index is 1.11. The molecular weight excluding hydrogens is 675 g/mol. The molecule has 0 amide bonds. The highest BCUT2D eigenvalue weighted by atomic mass is 32.2. The summed E-state index contributed by atoms with van der Waals surface area (Å²) in [5.41, 5.74) is 15.8. The van der Waals surface area contributed by atoms with Gasteiger partial charge in [-0.1, -0.05) is 152 Å². The van der Waals surface area contributed by atoms with E-state index in [2.05, 4.69) is 179 Å². The molecule has 0 radical (unpaired) electrons. The van der Waals surface area contributed by atoms with Crippen LogP contribution in [0.3, 0.4) is 0 Å². The van der Waals surface area contributed by atoms with Gasteiger partial charge >= 0.3 is 0 Å². The van der Waals surface area contributed by atoms with Crippen LogP contribution in [0.1, 0.15) is 33.4 Å². The highest BCUT2D eigenvalue weighted by Gasteiger charge is 2.46. The van der Waals surface area contributed by atoms with Gasteiger partial charge in [-0.25, -0.2) is 0 Å². The quantitative estimate of drug-likeness (QED) is 0.110. The van der Waals surface area contributed by atoms with Gasteiger partial charge in [-0.05, 0) is 110 Å². The topological polar surface area (TPSA) is 28.5 Å². The van der Waals surface area contributed by atoms with Crippen LogP contribution in [-0.4, -0.2) is 22.6 Å². The van der Waals surface area contributed by atoms with Crippen molar-refractivity contribution in [1.29, 1.82) is 0 Å². The molecule has 0 unspecified atom stereocenters. The Bertz CT molecular complexity index is 2530.